The molecule has 0 aliphatic carbocycles. The number of hydrogen-bond donors (Lipinski definition) is 2. The third-order valence-electron chi connectivity index (χ3n) is 3.56. The first-order chi connectivity index (χ1) is 9.47. The van der Waals surface area contributed by atoms with Crippen molar-refractivity contribution in [3.8, 4) is 0 Å². The van der Waals surface area contributed by atoms with Gasteiger partial charge in [0.05, 0.1) is 22.5 Å². The average Bonchev–Trinajstić information content (AvgIpc) is 2.87. The highest BCUT2D eigenvalue weighted by Crippen LogP contribution is 2.28. The van der Waals surface area contributed by atoms with Crippen LogP contribution in [0.25, 0.3) is 0 Å². The Hall–Kier alpha value is -1.30. The van der Waals surface area contributed by atoms with Gasteiger partial charge in [-0.2, -0.15) is 5.10 Å². The van der Waals surface area contributed by atoms with Crippen LogP contribution in [0.1, 0.15) is 41.4 Å². The van der Waals surface area contributed by atoms with Gasteiger partial charge >= 0.3 is 0 Å². The van der Waals surface area contributed by atoms with E-state index in [0.717, 1.165) is 39.9 Å². The Balaban J connectivity index is 2.31. The highest BCUT2D eigenvalue weighted by Gasteiger charge is 2.21. The summed E-state index contributed by atoms with van der Waals surface area (Å²) in [7, 11) is 1.90. The molecule has 0 aliphatic rings. The number of rotatable bonds is 5. The van der Waals surface area contributed by atoms with E-state index in [1.54, 1.807) is 0 Å². The predicted octanol–water partition coefficient (Wildman–Crippen LogP) is 2.59. The normalized spacial score (nSPS) is 12.9. The lowest BCUT2D eigenvalue weighted by atomic mass is 10.0. The number of hydrazine groups is 1. The fraction of sp³-hybridized carbons (Fsp3) is 0.500. The Morgan fingerprint density at radius 2 is 2.20 bits per heavy atom. The Morgan fingerprint density at radius 3 is 2.65 bits per heavy atom. The van der Waals surface area contributed by atoms with Gasteiger partial charge in [0.15, 0.2) is 0 Å². The number of aromatic nitrogens is 2. The van der Waals surface area contributed by atoms with Crippen molar-refractivity contribution in [1.29, 1.82) is 0 Å². The van der Waals surface area contributed by atoms with Gasteiger partial charge in [0.2, 0.25) is 0 Å². The minimum absolute atomic E-state index is 0.0509. The molecule has 0 spiro atoms. The van der Waals surface area contributed by atoms with Crippen LogP contribution in [-0.2, 0) is 19.9 Å². The van der Waals surface area contributed by atoms with Crippen LogP contribution in [0.4, 0.5) is 0 Å². The molecule has 2 rings (SSSR count). The summed E-state index contributed by atoms with van der Waals surface area (Å²) in [5, 5.41) is 5.16. The summed E-state index contributed by atoms with van der Waals surface area (Å²) in [6.07, 6.45) is 1.48. The van der Waals surface area contributed by atoms with E-state index < -0.39 is 0 Å². The summed E-state index contributed by atoms with van der Waals surface area (Å²) < 4.78 is 7.40. The molecule has 1 atom stereocenters. The summed E-state index contributed by atoms with van der Waals surface area (Å²) in [4.78, 5) is 0. The van der Waals surface area contributed by atoms with E-state index in [1.807, 2.05) is 38.6 Å². The van der Waals surface area contributed by atoms with E-state index in [-0.39, 0.29) is 6.04 Å². The van der Waals surface area contributed by atoms with Gasteiger partial charge in [-0.15, -0.1) is 0 Å². The molecule has 0 aromatic carbocycles. The SMILES string of the molecule is CCc1nn(C)c(CC(NN)c2cc(C)oc2C)c1Cl. The van der Waals surface area contributed by atoms with Crippen molar-refractivity contribution in [1.82, 2.24) is 15.2 Å². The van der Waals surface area contributed by atoms with E-state index in [1.165, 1.54) is 0 Å². The van der Waals surface area contributed by atoms with Gasteiger partial charge in [0, 0.05) is 19.0 Å². The van der Waals surface area contributed by atoms with E-state index in [0.29, 0.717) is 6.42 Å². The number of nitrogens with two attached hydrogens (primary N) is 1. The van der Waals surface area contributed by atoms with Gasteiger partial charge in [-0.1, -0.05) is 18.5 Å². The molecule has 0 saturated heterocycles. The van der Waals surface area contributed by atoms with Crippen LogP contribution in [0.3, 0.4) is 0 Å². The number of hydrogen-bond acceptors (Lipinski definition) is 4. The predicted molar refractivity (Wildman–Crippen MR) is 79.5 cm³/mol. The van der Waals surface area contributed by atoms with E-state index in [2.05, 4.69) is 10.5 Å². The van der Waals surface area contributed by atoms with Crippen LogP contribution >= 0.6 is 11.6 Å². The topological polar surface area (TPSA) is 69.0 Å². The number of nitrogens with zero attached hydrogens (tertiary/aromatic N) is 2. The Labute approximate surface area is 124 Å². The number of furan rings is 1. The first-order valence-electron chi connectivity index (χ1n) is 6.71. The number of nitrogens with one attached hydrogen (secondary N) is 1. The second kappa shape index (κ2) is 5.99. The molecule has 2 heterocycles. The maximum Gasteiger partial charge on any atom is 0.105 e. The second-order valence-electron chi connectivity index (χ2n) is 4.98. The van der Waals surface area contributed by atoms with Crippen molar-refractivity contribution in [3.05, 3.63) is 39.6 Å². The summed E-state index contributed by atoms with van der Waals surface area (Å²) in [5.74, 6) is 7.46. The summed E-state index contributed by atoms with van der Waals surface area (Å²) in [6.45, 7) is 5.91. The monoisotopic (exact) mass is 296 g/mol. The fourth-order valence-electron chi connectivity index (χ4n) is 2.49. The Kier molecular flexibility index (Phi) is 4.52. The molecule has 5 nitrogen and oxygen atoms in total. The maximum absolute atomic E-state index is 6.39. The van der Waals surface area contributed by atoms with Gasteiger partial charge in [-0.05, 0) is 26.3 Å². The average molecular weight is 297 g/mol. The zero-order valence-corrected chi connectivity index (χ0v) is 13.1. The van der Waals surface area contributed by atoms with Crippen molar-refractivity contribution in [2.24, 2.45) is 12.9 Å². The third-order valence-corrected chi connectivity index (χ3v) is 3.99. The van der Waals surface area contributed by atoms with Crippen molar-refractivity contribution in [2.75, 3.05) is 0 Å². The zero-order valence-electron chi connectivity index (χ0n) is 12.3. The summed E-state index contributed by atoms with van der Waals surface area (Å²) in [5.41, 5.74) is 5.79. The lowest BCUT2D eigenvalue weighted by Gasteiger charge is -2.15. The fourth-order valence-corrected chi connectivity index (χ4v) is 2.86. The molecule has 0 aliphatic heterocycles. The van der Waals surface area contributed by atoms with Gasteiger partial charge in [0.1, 0.15) is 11.5 Å². The molecule has 0 bridgehead atoms. The van der Waals surface area contributed by atoms with Gasteiger partial charge in [0.25, 0.3) is 0 Å². The highest BCUT2D eigenvalue weighted by molar-refractivity contribution is 6.31. The van der Waals surface area contributed by atoms with Crippen molar-refractivity contribution < 1.29 is 4.42 Å². The lowest BCUT2D eigenvalue weighted by Crippen LogP contribution is -2.30. The summed E-state index contributed by atoms with van der Waals surface area (Å²) in [6, 6.07) is 1.95. The molecule has 0 amide bonds. The molecule has 6 heteroatoms. The van der Waals surface area contributed by atoms with E-state index in [4.69, 9.17) is 21.9 Å². The van der Waals surface area contributed by atoms with Crippen LogP contribution < -0.4 is 11.3 Å². The molecule has 3 N–H and O–H groups in total. The molecular formula is C14H21ClN4O. The molecular weight excluding hydrogens is 276 g/mol. The highest BCUT2D eigenvalue weighted by atomic mass is 35.5. The van der Waals surface area contributed by atoms with Crippen LogP contribution in [0.2, 0.25) is 5.02 Å². The van der Waals surface area contributed by atoms with Crippen molar-refractivity contribution >= 4 is 11.6 Å². The molecule has 20 heavy (non-hydrogen) atoms. The van der Waals surface area contributed by atoms with Crippen molar-refractivity contribution in [2.45, 2.75) is 39.7 Å². The minimum atomic E-state index is -0.0509. The molecule has 0 radical (unpaired) electrons. The number of halogens is 1. The van der Waals surface area contributed by atoms with Crippen LogP contribution in [-0.4, -0.2) is 9.78 Å². The Bertz CT molecular complexity index is 603. The Morgan fingerprint density at radius 1 is 1.50 bits per heavy atom. The van der Waals surface area contributed by atoms with Gasteiger partial charge < -0.3 is 4.42 Å². The zero-order chi connectivity index (χ0) is 14.9. The summed E-state index contributed by atoms with van der Waals surface area (Å²) >= 11 is 6.39. The van der Waals surface area contributed by atoms with Crippen LogP contribution in [0, 0.1) is 13.8 Å². The third kappa shape index (κ3) is 2.75. The van der Waals surface area contributed by atoms with Gasteiger partial charge in [-0.3, -0.25) is 16.0 Å². The molecule has 0 saturated carbocycles. The quantitative estimate of drug-likeness (QED) is 0.657. The van der Waals surface area contributed by atoms with Crippen molar-refractivity contribution in [3.63, 3.8) is 0 Å². The van der Waals surface area contributed by atoms with E-state index in [9.17, 15) is 0 Å². The lowest BCUT2D eigenvalue weighted by molar-refractivity contribution is 0.480. The molecule has 110 valence electrons. The second-order valence-corrected chi connectivity index (χ2v) is 5.35. The first-order valence-corrected chi connectivity index (χ1v) is 7.09. The number of aryl methyl sites for hydroxylation is 4. The smallest absolute Gasteiger partial charge is 0.105 e. The molecule has 1 unspecified atom stereocenters. The van der Waals surface area contributed by atoms with Crippen LogP contribution in [0.5, 0.6) is 0 Å². The maximum atomic E-state index is 6.39. The van der Waals surface area contributed by atoms with E-state index >= 15 is 0 Å². The molecule has 0 fully saturated rings. The van der Waals surface area contributed by atoms with Crippen LogP contribution in [0.15, 0.2) is 10.5 Å². The standard InChI is InChI=1S/C14H21ClN4O/c1-5-11-14(15)13(19(4)18-11)7-12(17-16)10-6-8(2)20-9(10)3/h6,12,17H,5,7,16H2,1-4H3. The minimum Gasteiger partial charge on any atom is -0.466 e. The molecule has 2 aromatic heterocycles. The molecule has 2 aromatic rings. The first kappa shape index (κ1) is 15.1. The largest absolute Gasteiger partial charge is 0.466 e. The van der Waals surface area contributed by atoms with Gasteiger partial charge in [-0.25, -0.2) is 0 Å².